The molecular formula is C18H17NO3. The van der Waals surface area contributed by atoms with Gasteiger partial charge in [0.2, 0.25) is 0 Å². The second-order valence-corrected chi connectivity index (χ2v) is 5.71. The molecule has 1 heterocycles. The van der Waals surface area contributed by atoms with E-state index in [2.05, 4.69) is 0 Å². The number of hydrogen-bond acceptors (Lipinski definition) is 3. The number of Topliss-reactive ketones (excluding diaryl/α,β-unsaturated/α-hetero) is 1. The van der Waals surface area contributed by atoms with Crippen LogP contribution in [0.1, 0.15) is 28.4 Å². The van der Waals surface area contributed by atoms with Crippen molar-refractivity contribution >= 4 is 11.8 Å². The largest absolute Gasteiger partial charge is 0.480 e. The van der Waals surface area contributed by atoms with Crippen molar-refractivity contribution in [2.45, 2.75) is 25.6 Å². The Hall–Kier alpha value is -2.46. The second-order valence-electron chi connectivity index (χ2n) is 5.71. The van der Waals surface area contributed by atoms with Crippen LogP contribution < -0.4 is 0 Å². The molecule has 1 unspecified atom stereocenters. The fourth-order valence-corrected chi connectivity index (χ4v) is 2.90. The lowest BCUT2D eigenvalue weighted by atomic mass is 9.82. The van der Waals surface area contributed by atoms with Crippen LogP contribution in [-0.2, 0) is 17.9 Å². The summed E-state index contributed by atoms with van der Waals surface area (Å²) in [5.41, 5.74) is 0.838. The zero-order valence-corrected chi connectivity index (χ0v) is 12.3. The number of benzene rings is 2. The van der Waals surface area contributed by atoms with E-state index in [9.17, 15) is 14.7 Å². The van der Waals surface area contributed by atoms with E-state index in [1.165, 1.54) is 6.92 Å². The Bertz CT molecular complexity index is 726. The summed E-state index contributed by atoms with van der Waals surface area (Å²) in [6, 6.07) is 16.8. The summed E-state index contributed by atoms with van der Waals surface area (Å²) < 4.78 is 0. The number of aliphatic carboxylic acids is 1. The molecule has 1 atom stereocenters. The summed E-state index contributed by atoms with van der Waals surface area (Å²) >= 11 is 0. The molecule has 2 aromatic carbocycles. The van der Waals surface area contributed by atoms with Crippen molar-refractivity contribution in [3.8, 4) is 0 Å². The van der Waals surface area contributed by atoms with Crippen molar-refractivity contribution in [3.05, 3.63) is 71.3 Å². The van der Waals surface area contributed by atoms with Gasteiger partial charge in [-0.25, -0.2) is 4.79 Å². The molecule has 0 aromatic heterocycles. The van der Waals surface area contributed by atoms with Gasteiger partial charge >= 0.3 is 5.97 Å². The van der Waals surface area contributed by atoms with Gasteiger partial charge in [-0.1, -0.05) is 54.6 Å². The molecule has 0 radical (unpaired) electrons. The van der Waals surface area contributed by atoms with Crippen LogP contribution >= 0.6 is 0 Å². The Morgan fingerprint density at radius 3 is 2.45 bits per heavy atom. The second kappa shape index (κ2) is 5.39. The molecule has 0 saturated heterocycles. The van der Waals surface area contributed by atoms with Crippen LogP contribution in [0.5, 0.6) is 0 Å². The fraction of sp³-hybridized carbons (Fsp3) is 0.222. The van der Waals surface area contributed by atoms with Gasteiger partial charge in [0, 0.05) is 18.7 Å². The number of ketones is 1. The van der Waals surface area contributed by atoms with E-state index in [4.69, 9.17) is 0 Å². The normalized spacial score (nSPS) is 21.4. The monoisotopic (exact) mass is 295 g/mol. The van der Waals surface area contributed by atoms with E-state index < -0.39 is 11.5 Å². The van der Waals surface area contributed by atoms with Crippen LogP contribution in [0, 0.1) is 0 Å². The maximum atomic E-state index is 12.8. The van der Waals surface area contributed by atoms with Gasteiger partial charge in [-0.05, 0) is 18.1 Å². The molecular weight excluding hydrogens is 278 g/mol. The lowest BCUT2D eigenvalue weighted by molar-refractivity contribution is -0.148. The smallest absolute Gasteiger partial charge is 0.332 e. The van der Waals surface area contributed by atoms with Gasteiger partial charge in [-0.3, -0.25) is 9.69 Å². The molecule has 1 N–H and O–H groups in total. The van der Waals surface area contributed by atoms with Gasteiger partial charge < -0.3 is 5.11 Å². The van der Waals surface area contributed by atoms with E-state index in [-0.39, 0.29) is 5.78 Å². The van der Waals surface area contributed by atoms with E-state index >= 15 is 0 Å². The van der Waals surface area contributed by atoms with E-state index in [1.54, 1.807) is 17.0 Å². The van der Waals surface area contributed by atoms with Crippen molar-refractivity contribution in [1.29, 1.82) is 0 Å². The topological polar surface area (TPSA) is 57.6 Å². The Kier molecular flexibility index (Phi) is 3.54. The summed E-state index contributed by atoms with van der Waals surface area (Å²) in [6.07, 6.45) is 0. The predicted molar refractivity (Wildman–Crippen MR) is 82.5 cm³/mol. The maximum absolute atomic E-state index is 12.8. The molecule has 1 aliphatic rings. The van der Waals surface area contributed by atoms with Crippen LogP contribution in [-0.4, -0.2) is 27.3 Å². The van der Waals surface area contributed by atoms with Crippen LogP contribution in [0.25, 0.3) is 0 Å². The van der Waals surface area contributed by atoms with Gasteiger partial charge in [-0.15, -0.1) is 0 Å². The Balaban J connectivity index is 2.04. The van der Waals surface area contributed by atoms with Crippen LogP contribution in [0.15, 0.2) is 54.6 Å². The summed E-state index contributed by atoms with van der Waals surface area (Å²) in [5, 5.41) is 9.68. The molecule has 112 valence electrons. The fourth-order valence-electron chi connectivity index (χ4n) is 2.90. The Morgan fingerprint density at radius 2 is 1.77 bits per heavy atom. The number of rotatable bonds is 3. The molecule has 22 heavy (non-hydrogen) atoms. The average molecular weight is 295 g/mol. The standard InChI is InChI=1S/C18H17NO3/c1-18(17(21)22)16(20)15-10-6-5-9-14(15)12-19(18)11-13-7-3-2-4-8-13/h2-10H,11-12H2,1H3,(H,21,22). The average Bonchev–Trinajstić information content (AvgIpc) is 2.53. The third kappa shape index (κ3) is 2.22. The highest BCUT2D eigenvalue weighted by atomic mass is 16.4. The maximum Gasteiger partial charge on any atom is 0.332 e. The molecule has 4 heteroatoms. The van der Waals surface area contributed by atoms with Crippen LogP contribution in [0.2, 0.25) is 0 Å². The van der Waals surface area contributed by atoms with Gasteiger partial charge in [-0.2, -0.15) is 0 Å². The van der Waals surface area contributed by atoms with E-state index in [1.807, 2.05) is 42.5 Å². The summed E-state index contributed by atoms with van der Waals surface area (Å²) in [5.74, 6) is -1.46. The van der Waals surface area contributed by atoms with Crippen molar-refractivity contribution in [1.82, 2.24) is 4.90 Å². The minimum atomic E-state index is -1.54. The molecule has 4 nitrogen and oxygen atoms in total. The minimum Gasteiger partial charge on any atom is -0.480 e. The van der Waals surface area contributed by atoms with Gasteiger partial charge in [0.25, 0.3) is 0 Å². The SMILES string of the molecule is CC1(C(=O)O)C(=O)c2ccccc2CN1Cc1ccccc1. The lowest BCUT2D eigenvalue weighted by Crippen LogP contribution is -2.59. The molecule has 0 bridgehead atoms. The third-order valence-corrected chi connectivity index (χ3v) is 4.33. The number of carboxylic acids is 1. The highest BCUT2D eigenvalue weighted by Crippen LogP contribution is 2.32. The van der Waals surface area contributed by atoms with Crippen LogP contribution in [0.4, 0.5) is 0 Å². The molecule has 1 aliphatic heterocycles. The molecule has 0 amide bonds. The van der Waals surface area contributed by atoms with E-state index in [0.717, 1.165) is 11.1 Å². The predicted octanol–water partition coefficient (Wildman–Crippen LogP) is 2.73. The van der Waals surface area contributed by atoms with Crippen molar-refractivity contribution in [2.75, 3.05) is 0 Å². The number of carbonyl (C=O) groups excluding carboxylic acids is 1. The molecule has 3 rings (SSSR count). The first-order valence-electron chi connectivity index (χ1n) is 7.18. The minimum absolute atomic E-state index is 0.349. The third-order valence-electron chi connectivity index (χ3n) is 4.33. The van der Waals surface area contributed by atoms with Crippen molar-refractivity contribution in [3.63, 3.8) is 0 Å². The molecule has 0 fully saturated rings. The molecule has 2 aromatic rings. The summed E-state index contributed by atoms with van der Waals surface area (Å²) in [4.78, 5) is 26.3. The van der Waals surface area contributed by atoms with Crippen molar-refractivity contribution in [2.24, 2.45) is 0 Å². The van der Waals surface area contributed by atoms with Gasteiger partial charge in [0.1, 0.15) is 0 Å². The quantitative estimate of drug-likeness (QED) is 0.885. The highest BCUT2D eigenvalue weighted by molar-refractivity contribution is 6.17. The first-order valence-corrected chi connectivity index (χ1v) is 7.18. The molecule has 0 spiro atoms. The van der Waals surface area contributed by atoms with Crippen LogP contribution in [0.3, 0.4) is 0 Å². The molecule has 0 saturated carbocycles. The number of fused-ring (bicyclic) bond motifs is 1. The van der Waals surface area contributed by atoms with Gasteiger partial charge in [0.15, 0.2) is 11.3 Å². The van der Waals surface area contributed by atoms with Gasteiger partial charge in [0.05, 0.1) is 0 Å². The zero-order valence-electron chi connectivity index (χ0n) is 12.3. The first kappa shape index (κ1) is 14.5. The van der Waals surface area contributed by atoms with E-state index in [0.29, 0.717) is 18.7 Å². The number of nitrogens with zero attached hydrogens (tertiary/aromatic N) is 1. The highest BCUT2D eigenvalue weighted by Gasteiger charge is 2.50. The summed E-state index contributed by atoms with van der Waals surface area (Å²) in [7, 11) is 0. The van der Waals surface area contributed by atoms with Crippen molar-refractivity contribution < 1.29 is 14.7 Å². The first-order chi connectivity index (χ1) is 10.5. The zero-order chi connectivity index (χ0) is 15.7. The lowest BCUT2D eigenvalue weighted by Gasteiger charge is -2.41. The number of carboxylic acid groups (broad SMARTS) is 1. The molecule has 0 aliphatic carbocycles. The number of hydrogen-bond donors (Lipinski definition) is 1. The Morgan fingerprint density at radius 1 is 1.14 bits per heavy atom. The summed E-state index contributed by atoms with van der Waals surface area (Å²) in [6.45, 7) is 2.36. The number of carbonyl (C=O) groups is 2. The Labute approximate surface area is 129 Å².